The maximum Gasteiger partial charge on any atom is 0.0175 e. The van der Waals surface area contributed by atoms with Crippen molar-refractivity contribution in [3.63, 3.8) is 0 Å². The molecule has 0 spiro atoms. The van der Waals surface area contributed by atoms with Crippen molar-refractivity contribution < 1.29 is 0 Å². The Morgan fingerprint density at radius 2 is 1.29 bits per heavy atom. The van der Waals surface area contributed by atoms with Crippen LogP contribution >= 0.6 is 15.9 Å². The van der Waals surface area contributed by atoms with Gasteiger partial charge in [-0.15, -0.1) is 0 Å². The summed E-state index contributed by atoms with van der Waals surface area (Å²) in [6, 6.07) is 30.5. The molecule has 0 N–H and O–H groups in total. The van der Waals surface area contributed by atoms with E-state index in [-0.39, 0.29) is 0 Å². The van der Waals surface area contributed by atoms with E-state index >= 15 is 0 Å². The van der Waals surface area contributed by atoms with Crippen molar-refractivity contribution in [3.8, 4) is 0 Å². The lowest BCUT2D eigenvalue weighted by Crippen LogP contribution is -2.05. The van der Waals surface area contributed by atoms with Crippen molar-refractivity contribution in [1.29, 1.82) is 0 Å². The molecule has 3 aromatic carbocycles. The Hall–Kier alpha value is -2.12. The van der Waals surface area contributed by atoms with Crippen molar-refractivity contribution in [2.45, 2.75) is 18.3 Å². The van der Waals surface area contributed by atoms with Crippen LogP contribution in [0.1, 0.15) is 34.9 Å². The quantitative estimate of drug-likeness (QED) is 0.472. The molecule has 4 rings (SSSR count). The summed E-state index contributed by atoms with van der Waals surface area (Å²) in [6.45, 7) is 0. The van der Waals surface area contributed by atoms with Crippen LogP contribution in [0.3, 0.4) is 0 Å². The van der Waals surface area contributed by atoms with Gasteiger partial charge in [0.25, 0.3) is 0 Å². The molecule has 0 bridgehead atoms. The van der Waals surface area contributed by atoms with Gasteiger partial charge in [-0.25, -0.2) is 0 Å². The van der Waals surface area contributed by atoms with E-state index in [0.717, 1.165) is 10.9 Å². The highest BCUT2D eigenvalue weighted by Crippen LogP contribution is 2.47. The van der Waals surface area contributed by atoms with Gasteiger partial charge in [-0.05, 0) is 46.7 Å². The van der Waals surface area contributed by atoms with Gasteiger partial charge in [-0.1, -0.05) is 94.8 Å². The Morgan fingerprint density at radius 1 is 0.667 bits per heavy atom. The number of benzene rings is 3. The maximum atomic E-state index is 3.55. The van der Waals surface area contributed by atoms with Gasteiger partial charge in [0.2, 0.25) is 0 Å². The first kappa shape index (κ1) is 15.4. The summed E-state index contributed by atoms with van der Waals surface area (Å²) >= 11 is 3.55. The molecule has 0 fully saturated rings. The Bertz CT molecular complexity index is 832. The van der Waals surface area contributed by atoms with Gasteiger partial charge in [-0.2, -0.15) is 0 Å². The second-order valence-electron chi connectivity index (χ2n) is 6.36. The van der Waals surface area contributed by atoms with E-state index in [1.54, 1.807) is 0 Å². The van der Waals surface area contributed by atoms with Crippen LogP contribution in [0.2, 0.25) is 0 Å². The third kappa shape index (κ3) is 3.09. The normalized spacial score (nSPS) is 20.0. The summed E-state index contributed by atoms with van der Waals surface area (Å²) < 4.78 is 1.13. The molecule has 1 heteroatoms. The highest BCUT2D eigenvalue weighted by Gasteiger charge is 2.30. The topological polar surface area (TPSA) is 0 Å². The van der Waals surface area contributed by atoms with E-state index in [0.29, 0.717) is 11.8 Å². The van der Waals surface area contributed by atoms with E-state index in [1.807, 2.05) is 0 Å². The van der Waals surface area contributed by atoms with Crippen LogP contribution in [0, 0.1) is 0 Å². The summed E-state index contributed by atoms with van der Waals surface area (Å²) in [4.78, 5) is 0. The molecule has 0 nitrogen and oxygen atoms in total. The lowest BCUT2D eigenvalue weighted by molar-refractivity contribution is 0.668. The zero-order valence-electron chi connectivity index (χ0n) is 13.4. The predicted molar refractivity (Wildman–Crippen MR) is 105 cm³/mol. The SMILES string of the molecule is Brc1ccc([C@H]2C=C(c3ccccc3)C[C@H]2c2ccccc2)cc1. The number of halogens is 1. The summed E-state index contributed by atoms with van der Waals surface area (Å²) in [6.07, 6.45) is 3.56. The second kappa shape index (κ2) is 6.78. The number of hydrogen-bond acceptors (Lipinski definition) is 0. The average molecular weight is 375 g/mol. The third-order valence-corrected chi connectivity index (χ3v) is 5.41. The third-order valence-electron chi connectivity index (χ3n) is 4.88. The molecule has 0 unspecified atom stereocenters. The average Bonchev–Trinajstić information content (AvgIpc) is 3.09. The molecule has 0 aromatic heterocycles. The number of rotatable bonds is 3. The molecule has 24 heavy (non-hydrogen) atoms. The molecule has 0 aliphatic heterocycles. The van der Waals surface area contributed by atoms with Crippen LogP contribution in [0.4, 0.5) is 0 Å². The Morgan fingerprint density at radius 3 is 1.96 bits per heavy atom. The Balaban J connectivity index is 1.75. The van der Waals surface area contributed by atoms with Crippen LogP contribution in [-0.2, 0) is 0 Å². The smallest absolute Gasteiger partial charge is 0.0175 e. The second-order valence-corrected chi connectivity index (χ2v) is 7.27. The Labute approximate surface area is 152 Å². The molecule has 0 heterocycles. The first-order valence-electron chi connectivity index (χ1n) is 8.38. The fourth-order valence-electron chi connectivity index (χ4n) is 3.67. The molecule has 0 saturated heterocycles. The van der Waals surface area contributed by atoms with Crippen molar-refractivity contribution in [3.05, 3.63) is 112 Å². The van der Waals surface area contributed by atoms with Gasteiger partial charge in [0.1, 0.15) is 0 Å². The van der Waals surface area contributed by atoms with E-state index in [1.165, 1.54) is 22.3 Å². The monoisotopic (exact) mass is 374 g/mol. The minimum atomic E-state index is 0.427. The summed E-state index contributed by atoms with van der Waals surface area (Å²) in [5, 5.41) is 0. The molecule has 0 saturated carbocycles. The van der Waals surface area contributed by atoms with Crippen LogP contribution < -0.4 is 0 Å². The van der Waals surface area contributed by atoms with Crippen LogP contribution in [-0.4, -0.2) is 0 Å². The summed E-state index contributed by atoms with van der Waals surface area (Å²) in [7, 11) is 0. The van der Waals surface area contributed by atoms with Gasteiger partial charge in [-0.3, -0.25) is 0 Å². The van der Waals surface area contributed by atoms with Gasteiger partial charge < -0.3 is 0 Å². The minimum absolute atomic E-state index is 0.427. The summed E-state index contributed by atoms with van der Waals surface area (Å²) in [5.74, 6) is 0.929. The first-order chi connectivity index (χ1) is 11.8. The molecular weight excluding hydrogens is 356 g/mol. The predicted octanol–water partition coefficient (Wildman–Crippen LogP) is 6.80. The Kier molecular flexibility index (Phi) is 4.36. The van der Waals surface area contributed by atoms with Crippen LogP contribution in [0.15, 0.2) is 95.5 Å². The van der Waals surface area contributed by atoms with E-state index in [2.05, 4.69) is 107 Å². The molecule has 0 radical (unpaired) electrons. The lowest BCUT2D eigenvalue weighted by atomic mass is 9.83. The molecule has 2 atom stereocenters. The molecular formula is C23H19Br. The first-order valence-corrected chi connectivity index (χ1v) is 9.17. The van der Waals surface area contributed by atoms with E-state index < -0.39 is 0 Å². The number of hydrogen-bond donors (Lipinski definition) is 0. The molecule has 0 amide bonds. The highest BCUT2D eigenvalue weighted by molar-refractivity contribution is 9.10. The zero-order chi connectivity index (χ0) is 16.4. The van der Waals surface area contributed by atoms with Gasteiger partial charge in [0, 0.05) is 10.4 Å². The summed E-state index contributed by atoms with van der Waals surface area (Å²) in [5.41, 5.74) is 5.61. The largest absolute Gasteiger partial charge is 0.0725 e. The van der Waals surface area contributed by atoms with E-state index in [4.69, 9.17) is 0 Å². The standard InChI is InChI=1S/C23H19Br/c24-21-13-11-19(12-14-21)23-16-20(17-7-3-1-4-8-17)15-22(23)18-9-5-2-6-10-18/h1-14,16,22-23H,15H2/t22-,23+/m0/s1. The van der Waals surface area contributed by atoms with Crippen molar-refractivity contribution in [2.75, 3.05) is 0 Å². The molecule has 3 aromatic rings. The fraction of sp³-hybridized carbons (Fsp3) is 0.130. The van der Waals surface area contributed by atoms with E-state index in [9.17, 15) is 0 Å². The minimum Gasteiger partial charge on any atom is -0.0725 e. The van der Waals surface area contributed by atoms with Crippen molar-refractivity contribution in [2.24, 2.45) is 0 Å². The highest BCUT2D eigenvalue weighted by atomic mass is 79.9. The van der Waals surface area contributed by atoms with Gasteiger partial charge in [0.15, 0.2) is 0 Å². The van der Waals surface area contributed by atoms with Crippen LogP contribution in [0.25, 0.3) is 5.57 Å². The zero-order valence-corrected chi connectivity index (χ0v) is 15.0. The molecule has 1 aliphatic rings. The van der Waals surface area contributed by atoms with Crippen LogP contribution in [0.5, 0.6) is 0 Å². The van der Waals surface area contributed by atoms with Gasteiger partial charge >= 0.3 is 0 Å². The van der Waals surface area contributed by atoms with Crippen molar-refractivity contribution >= 4 is 21.5 Å². The molecule has 118 valence electrons. The van der Waals surface area contributed by atoms with Gasteiger partial charge in [0.05, 0.1) is 0 Å². The lowest BCUT2D eigenvalue weighted by Gasteiger charge is -2.20. The number of allylic oxidation sites excluding steroid dienone is 2. The molecule has 1 aliphatic carbocycles. The van der Waals surface area contributed by atoms with Crippen molar-refractivity contribution in [1.82, 2.24) is 0 Å². The maximum absolute atomic E-state index is 3.55. The fourth-order valence-corrected chi connectivity index (χ4v) is 3.93.